The second-order valence-corrected chi connectivity index (χ2v) is 6.08. The van der Waals surface area contributed by atoms with Crippen molar-refractivity contribution >= 4 is 17.3 Å². The average molecular weight is 291 g/mol. The van der Waals surface area contributed by atoms with E-state index in [0.29, 0.717) is 0 Å². The van der Waals surface area contributed by atoms with Crippen LogP contribution >= 0.6 is 11.3 Å². The van der Waals surface area contributed by atoms with Gasteiger partial charge < -0.3 is 5.11 Å². The van der Waals surface area contributed by atoms with Crippen LogP contribution in [0.3, 0.4) is 0 Å². The lowest BCUT2D eigenvalue weighted by molar-refractivity contribution is -0.145. The number of rotatable bonds is 3. The van der Waals surface area contributed by atoms with Crippen molar-refractivity contribution in [2.24, 2.45) is 7.05 Å². The van der Waals surface area contributed by atoms with Gasteiger partial charge in [-0.3, -0.25) is 14.4 Å². The highest BCUT2D eigenvalue weighted by molar-refractivity contribution is 7.10. The molecule has 0 fully saturated rings. The highest BCUT2D eigenvalue weighted by Gasteiger charge is 2.37. The van der Waals surface area contributed by atoms with Crippen LogP contribution in [-0.2, 0) is 18.3 Å². The molecule has 0 amide bonds. The molecule has 2 aromatic rings. The fourth-order valence-electron chi connectivity index (χ4n) is 2.99. The van der Waals surface area contributed by atoms with Crippen LogP contribution in [0.4, 0.5) is 0 Å². The minimum atomic E-state index is -0.779. The molecule has 3 heterocycles. The lowest BCUT2D eigenvalue weighted by Crippen LogP contribution is -2.41. The first-order valence-electron chi connectivity index (χ1n) is 6.62. The number of hydrogen-bond acceptors (Lipinski definition) is 4. The van der Waals surface area contributed by atoms with Crippen molar-refractivity contribution in [2.75, 3.05) is 6.54 Å². The van der Waals surface area contributed by atoms with Crippen molar-refractivity contribution in [1.82, 2.24) is 14.7 Å². The first kappa shape index (κ1) is 13.3. The van der Waals surface area contributed by atoms with E-state index in [1.54, 1.807) is 17.5 Å². The highest BCUT2D eigenvalue weighted by atomic mass is 32.1. The Morgan fingerprint density at radius 2 is 2.35 bits per heavy atom. The standard InChI is InChI=1S/C14H17N3O2S/c1-9(11-3-6-15-16(11)2)17-7-4-12-10(5-8-20-12)13(17)14(18)19/h3,5-6,8-9,13H,4,7H2,1-2H3,(H,18,19). The number of nitrogens with zero attached hydrogens (tertiary/aromatic N) is 3. The number of carbonyl (C=O) groups is 1. The smallest absolute Gasteiger partial charge is 0.325 e. The molecule has 1 N–H and O–H groups in total. The molecular weight excluding hydrogens is 274 g/mol. The molecule has 20 heavy (non-hydrogen) atoms. The molecule has 0 saturated carbocycles. The van der Waals surface area contributed by atoms with E-state index in [4.69, 9.17) is 0 Å². The van der Waals surface area contributed by atoms with Gasteiger partial charge in [-0.25, -0.2) is 0 Å². The van der Waals surface area contributed by atoms with E-state index in [9.17, 15) is 9.90 Å². The molecule has 0 aromatic carbocycles. The van der Waals surface area contributed by atoms with Crippen LogP contribution in [0.25, 0.3) is 0 Å². The van der Waals surface area contributed by atoms with Gasteiger partial charge in [0, 0.05) is 24.7 Å². The van der Waals surface area contributed by atoms with Gasteiger partial charge in [-0.1, -0.05) is 0 Å². The Bertz CT molecular complexity index is 634. The fourth-order valence-corrected chi connectivity index (χ4v) is 3.90. The number of hydrogen-bond donors (Lipinski definition) is 1. The van der Waals surface area contributed by atoms with Crippen LogP contribution < -0.4 is 0 Å². The molecule has 0 aliphatic carbocycles. The summed E-state index contributed by atoms with van der Waals surface area (Å²) in [5.41, 5.74) is 1.98. The molecule has 1 aliphatic heterocycles. The summed E-state index contributed by atoms with van der Waals surface area (Å²) in [7, 11) is 1.89. The molecule has 0 spiro atoms. The Labute approximate surface area is 121 Å². The van der Waals surface area contributed by atoms with E-state index >= 15 is 0 Å². The predicted molar refractivity (Wildman–Crippen MR) is 76.7 cm³/mol. The zero-order valence-corrected chi connectivity index (χ0v) is 12.3. The number of aryl methyl sites for hydroxylation is 1. The zero-order valence-electron chi connectivity index (χ0n) is 11.5. The Morgan fingerprint density at radius 1 is 1.55 bits per heavy atom. The first-order chi connectivity index (χ1) is 9.59. The summed E-state index contributed by atoms with van der Waals surface area (Å²) in [6.07, 6.45) is 2.67. The molecule has 6 heteroatoms. The monoisotopic (exact) mass is 291 g/mol. The fraction of sp³-hybridized carbons (Fsp3) is 0.429. The Kier molecular flexibility index (Phi) is 3.35. The number of thiophene rings is 1. The topological polar surface area (TPSA) is 58.4 Å². The molecule has 5 nitrogen and oxygen atoms in total. The molecule has 3 rings (SSSR count). The van der Waals surface area contributed by atoms with Gasteiger partial charge in [-0.15, -0.1) is 11.3 Å². The van der Waals surface area contributed by atoms with Crippen molar-refractivity contribution in [1.29, 1.82) is 0 Å². The maximum Gasteiger partial charge on any atom is 0.325 e. The van der Waals surface area contributed by atoms with E-state index < -0.39 is 12.0 Å². The van der Waals surface area contributed by atoms with Crippen molar-refractivity contribution < 1.29 is 9.90 Å². The third-order valence-electron chi connectivity index (χ3n) is 4.02. The molecular formula is C14H17N3O2S. The van der Waals surface area contributed by atoms with Crippen LogP contribution in [0.1, 0.15) is 35.1 Å². The molecule has 0 radical (unpaired) electrons. The Morgan fingerprint density at radius 3 is 3.00 bits per heavy atom. The second-order valence-electron chi connectivity index (χ2n) is 5.08. The molecule has 1 aliphatic rings. The molecule has 2 unspecified atom stereocenters. The summed E-state index contributed by atoms with van der Waals surface area (Å²) in [6, 6.07) is 3.36. The van der Waals surface area contributed by atoms with E-state index in [1.807, 2.05) is 36.2 Å². The Balaban J connectivity index is 1.97. The van der Waals surface area contributed by atoms with Crippen LogP contribution in [0.2, 0.25) is 0 Å². The summed E-state index contributed by atoms with van der Waals surface area (Å²) in [4.78, 5) is 15.0. The number of aromatic nitrogens is 2. The van der Waals surface area contributed by atoms with Gasteiger partial charge in [0.2, 0.25) is 0 Å². The van der Waals surface area contributed by atoms with Gasteiger partial charge in [-0.2, -0.15) is 5.10 Å². The number of aliphatic carboxylic acids is 1. The third-order valence-corrected chi connectivity index (χ3v) is 5.02. The number of carboxylic acid groups (broad SMARTS) is 1. The van der Waals surface area contributed by atoms with E-state index in [-0.39, 0.29) is 6.04 Å². The lowest BCUT2D eigenvalue weighted by Gasteiger charge is -2.37. The van der Waals surface area contributed by atoms with Crippen LogP contribution in [0.15, 0.2) is 23.7 Å². The van der Waals surface area contributed by atoms with Gasteiger partial charge in [0.05, 0.1) is 11.7 Å². The normalized spacial score (nSPS) is 20.6. The molecule has 0 bridgehead atoms. The maximum absolute atomic E-state index is 11.7. The predicted octanol–water partition coefficient (Wildman–Crippen LogP) is 2.23. The van der Waals surface area contributed by atoms with E-state index in [2.05, 4.69) is 10.00 Å². The molecule has 2 aromatic heterocycles. The van der Waals surface area contributed by atoms with E-state index in [1.165, 1.54) is 4.88 Å². The zero-order chi connectivity index (χ0) is 14.3. The largest absolute Gasteiger partial charge is 0.480 e. The minimum Gasteiger partial charge on any atom is -0.480 e. The summed E-state index contributed by atoms with van der Waals surface area (Å²) >= 11 is 1.65. The summed E-state index contributed by atoms with van der Waals surface area (Å²) in [5, 5.41) is 15.8. The van der Waals surface area contributed by atoms with Crippen molar-refractivity contribution in [2.45, 2.75) is 25.4 Å². The van der Waals surface area contributed by atoms with Crippen molar-refractivity contribution in [3.8, 4) is 0 Å². The highest BCUT2D eigenvalue weighted by Crippen LogP contribution is 2.38. The van der Waals surface area contributed by atoms with Crippen LogP contribution in [0, 0.1) is 0 Å². The SMILES string of the molecule is CC(c1ccnn1C)N1CCc2sccc2C1C(=O)O. The minimum absolute atomic E-state index is 0.0247. The van der Waals surface area contributed by atoms with Gasteiger partial charge in [0.1, 0.15) is 6.04 Å². The average Bonchev–Trinajstić information content (AvgIpc) is 3.04. The molecule has 106 valence electrons. The maximum atomic E-state index is 11.7. The van der Waals surface area contributed by atoms with Crippen LogP contribution in [0.5, 0.6) is 0 Å². The van der Waals surface area contributed by atoms with Crippen molar-refractivity contribution in [3.63, 3.8) is 0 Å². The van der Waals surface area contributed by atoms with Gasteiger partial charge >= 0.3 is 5.97 Å². The van der Waals surface area contributed by atoms with E-state index in [0.717, 1.165) is 24.2 Å². The first-order valence-corrected chi connectivity index (χ1v) is 7.50. The quantitative estimate of drug-likeness (QED) is 0.942. The number of carboxylic acids is 1. The molecule has 0 saturated heterocycles. The Hall–Kier alpha value is -1.66. The summed E-state index contributed by atoms with van der Waals surface area (Å²) < 4.78 is 1.81. The number of fused-ring (bicyclic) bond motifs is 1. The van der Waals surface area contributed by atoms with Gasteiger partial charge in [0.25, 0.3) is 0 Å². The molecule has 2 atom stereocenters. The van der Waals surface area contributed by atoms with Gasteiger partial charge in [-0.05, 0) is 36.4 Å². The van der Waals surface area contributed by atoms with Crippen LogP contribution in [-0.4, -0.2) is 32.3 Å². The third kappa shape index (κ3) is 2.05. The summed E-state index contributed by atoms with van der Waals surface area (Å²) in [6.45, 7) is 2.81. The summed E-state index contributed by atoms with van der Waals surface area (Å²) in [5.74, 6) is -0.779. The lowest BCUT2D eigenvalue weighted by atomic mass is 9.97. The van der Waals surface area contributed by atoms with Crippen molar-refractivity contribution in [3.05, 3.63) is 39.8 Å². The van der Waals surface area contributed by atoms with Gasteiger partial charge in [0.15, 0.2) is 0 Å². The second kappa shape index (κ2) is 5.03.